The summed E-state index contributed by atoms with van der Waals surface area (Å²) in [5, 5.41) is 0. The highest BCUT2D eigenvalue weighted by molar-refractivity contribution is 9.10. The van der Waals surface area contributed by atoms with Gasteiger partial charge in [0.05, 0.1) is 6.61 Å². The van der Waals surface area contributed by atoms with E-state index in [-0.39, 0.29) is 11.8 Å². The second-order valence-electron chi connectivity index (χ2n) is 3.35. The van der Waals surface area contributed by atoms with Gasteiger partial charge in [0.25, 0.3) is 0 Å². The van der Waals surface area contributed by atoms with Gasteiger partial charge in [-0.3, -0.25) is 4.79 Å². The Morgan fingerprint density at radius 3 is 2.60 bits per heavy atom. The maximum atomic E-state index is 11.7. The molecule has 4 heteroatoms. The van der Waals surface area contributed by atoms with Gasteiger partial charge in [-0.25, -0.2) is 0 Å². The number of methoxy groups -OCH3 is 1. The first kappa shape index (κ1) is 12.4. The fourth-order valence-electron chi connectivity index (χ4n) is 1.26. The van der Waals surface area contributed by atoms with Gasteiger partial charge >= 0.3 is 0 Å². The minimum atomic E-state index is -0.230. The van der Waals surface area contributed by atoms with E-state index in [0.29, 0.717) is 18.6 Å². The van der Waals surface area contributed by atoms with Crippen molar-refractivity contribution in [2.45, 2.75) is 12.5 Å². The fraction of sp³-hybridized carbons (Fsp3) is 0.364. The summed E-state index contributed by atoms with van der Waals surface area (Å²) in [6.45, 7) is 0.405. The molecule has 0 aliphatic rings. The lowest BCUT2D eigenvalue weighted by Gasteiger charge is -2.09. The van der Waals surface area contributed by atoms with E-state index in [1.165, 1.54) is 0 Å². The fourth-order valence-corrected chi connectivity index (χ4v) is 1.53. The third kappa shape index (κ3) is 4.11. The summed E-state index contributed by atoms with van der Waals surface area (Å²) in [5.41, 5.74) is 6.38. The van der Waals surface area contributed by atoms with Crippen molar-refractivity contribution >= 4 is 21.7 Å². The molecule has 0 radical (unpaired) electrons. The molecule has 1 rings (SSSR count). The lowest BCUT2D eigenvalue weighted by Crippen LogP contribution is -2.28. The van der Waals surface area contributed by atoms with Crippen LogP contribution in [0.2, 0.25) is 0 Å². The van der Waals surface area contributed by atoms with Gasteiger partial charge < -0.3 is 10.5 Å². The Balaban J connectivity index is 2.57. The van der Waals surface area contributed by atoms with Crippen molar-refractivity contribution in [1.82, 2.24) is 0 Å². The minimum absolute atomic E-state index is 0.0482. The Morgan fingerprint density at radius 1 is 1.47 bits per heavy atom. The monoisotopic (exact) mass is 271 g/mol. The molecule has 1 aromatic carbocycles. The number of ether oxygens (including phenoxy) is 1. The van der Waals surface area contributed by atoms with E-state index in [1.54, 1.807) is 19.2 Å². The SMILES string of the molecule is COCC(N)CC(=O)c1ccc(Br)cc1. The Morgan fingerprint density at radius 2 is 2.07 bits per heavy atom. The summed E-state index contributed by atoms with van der Waals surface area (Å²) in [4.78, 5) is 11.7. The van der Waals surface area contributed by atoms with Crippen molar-refractivity contribution in [3.05, 3.63) is 34.3 Å². The van der Waals surface area contributed by atoms with E-state index >= 15 is 0 Å². The van der Waals surface area contributed by atoms with Crippen LogP contribution in [0.5, 0.6) is 0 Å². The van der Waals surface area contributed by atoms with Crippen LogP contribution >= 0.6 is 15.9 Å². The predicted molar refractivity (Wildman–Crippen MR) is 62.9 cm³/mol. The zero-order valence-electron chi connectivity index (χ0n) is 8.57. The lowest BCUT2D eigenvalue weighted by molar-refractivity contribution is 0.0949. The standard InChI is InChI=1S/C11H14BrNO2/c1-15-7-10(13)6-11(14)8-2-4-9(12)5-3-8/h2-5,10H,6-7,13H2,1H3. The molecule has 82 valence electrons. The topological polar surface area (TPSA) is 52.3 Å². The van der Waals surface area contributed by atoms with Crippen molar-refractivity contribution in [2.24, 2.45) is 5.73 Å². The number of rotatable bonds is 5. The van der Waals surface area contributed by atoms with E-state index < -0.39 is 0 Å². The van der Waals surface area contributed by atoms with Gasteiger partial charge in [-0.15, -0.1) is 0 Å². The van der Waals surface area contributed by atoms with Crippen molar-refractivity contribution in [3.63, 3.8) is 0 Å². The molecule has 1 unspecified atom stereocenters. The quantitative estimate of drug-likeness (QED) is 0.834. The highest BCUT2D eigenvalue weighted by atomic mass is 79.9. The minimum Gasteiger partial charge on any atom is -0.383 e. The number of carbonyl (C=O) groups is 1. The number of carbonyl (C=O) groups excluding carboxylic acids is 1. The van der Waals surface area contributed by atoms with Gasteiger partial charge in [-0.1, -0.05) is 28.1 Å². The molecule has 15 heavy (non-hydrogen) atoms. The maximum Gasteiger partial charge on any atom is 0.164 e. The van der Waals surface area contributed by atoms with Crippen LogP contribution in [-0.2, 0) is 4.74 Å². The van der Waals surface area contributed by atoms with Crippen LogP contribution in [0.1, 0.15) is 16.8 Å². The highest BCUT2D eigenvalue weighted by Crippen LogP contribution is 2.12. The molecule has 3 nitrogen and oxygen atoms in total. The van der Waals surface area contributed by atoms with Crippen molar-refractivity contribution in [2.75, 3.05) is 13.7 Å². The molecule has 0 aliphatic carbocycles. The van der Waals surface area contributed by atoms with Crippen molar-refractivity contribution < 1.29 is 9.53 Å². The number of hydrogen-bond acceptors (Lipinski definition) is 3. The van der Waals surface area contributed by atoms with Gasteiger partial charge in [0, 0.05) is 29.6 Å². The molecular weight excluding hydrogens is 258 g/mol. The molecule has 0 aromatic heterocycles. The summed E-state index contributed by atoms with van der Waals surface area (Å²) in [6.07, 6.45) is 0.315. The Labute approximate surface area is 97.7 Å². The third-order valence-electron chi connectivity index (χ3n) is 1.99. The van der Waals surface area contributed by atoms with E-state index in [2.05, 4.69) is 15.9 Å². The van der Waals surface area contributed by atoms with Crippen molar-refractivity contribution in [1.29, 1.82) is 0 Å². The molecule has 0 heterocycles. The third-order valence-corrected chi connectivity index (χ3v) is 2.52. The van der Waals surface area contributed by atoms with E-state index in [0.717, 1.165) is 4.47 Å². The van der Waals surface area contributed by atoms with Gasteiger partial charge in [0.2, 0.25) is 0 Å². The molecule has 0 saturated heterocycles. The largest absolute Gasteiger partial charge is 0.383 e. The number of Topliss-reactive ketones (excluding diaryl/α,β-unsaturated/α-hetero) is 1. The van der Waals surface area contributed by atoms with Crippen LogP contribution in [0.4, 0.5) is 0 Å². The normalized spacial score (nSPS) is 12.5. The summed E-state index contributed by atoms with van der Waals surface area (Å²) in [6, 6.07) is 7.02. The predicted octanol–water partition coefficient (Wildman–Crippen LogP) is 2.00. The molecule has 0 bridgehead atoms. The van der Waals surface area contributed by atoms with Crippen LogP contribution in [0, 0.1) is 0 Å². The second kappa shape index (κ2) is 6.00. The van der Waals surface area contributed by atoms with Gasteiger partial charge in [0.15, 0.2) is 5.78 Å². The van der Waals surface area contributed by atoms with E-state index in [4.69, 9.17) is 10.5 Å². The Kier molecular flexibility index (Phi) is 4.94. The van der Waals surface area contributed by atoms with Crippen molar-refractivity contribution in [3.8, 4) is 0 Å². The van der Waals surface area contributed by atoms with Crippen LogP contribution in [0.25, 0.3) is 0 Å². The first-order chi connectivity index (χ1) is 7.13. The molecule has 2 N–H and O–H groups in total. The molecule has 0 fully saturated rings. The van der Waals surface area contributed by atoms with E-state index in [9.17, 15) is 4.79 Å². The maximum absolute atomic E-state index is 11.7. The average Bonchev–Trinajstić information content (AvgIpc) is 2.18. The summed E-state index contributed by atoms with van der Waals surface area (Å²) < 4.78 is 5.83. The van der Waals surface area contributed by atoms with Crippen LogP contribution in [0.3, 0.4) is 0 Å². The van der Waals surface area contributed by atoms with Gasteiger partial charge in [-0.05, 0) is 12.1 Å². The summed E-state index contributed by atoms with van der Waals surface area (Å²) >= 11 is 3.31. The number of nitrogens with two attached hydrogens (primary N) is 1. The number of benzene rings is 1. The smallest absolute Gasteiger partial charge is 0.164 e. The Hall–Kier alpha value is -0.710. The lowest BCUT2D eigenvalue weighted by atomic mass is 10.0. The number of hydrogen-bond donors (Lipinski definition) is 1. The highest BCUT2D eigenvalue weighted by Gasteiger charge is 2.11. The molecule has 0 saturated carbocycles. The second-order valence-corrected chi connectivity index (χ2v) is 4.27. The summed E-state index contributed by atoms with van der Waals surface area (Å²) in [7, 11) is 1.57. The van der Waals surface area contributed by atoms with Crippen LogP contribution in [-0.4, -0.2) is 25.5 Å². The Bertz CT molecular complexity index is 324. The molecule has 1 aromatic rings. The van der Waals surface area contributed by atoms with Crippen LogP contribution in [0.15, 0.2) is 28.7 Å². The van der Waals surface area contributed by atoms with Gasteiger partial charge in [0.1, 0.15) is 0 Å². The van der Waals surface area contributed by atoms with Crippen LogP contribution < -0.4 is 5.73 Å². The average molecular weight is 272 g/mol. The molecule has 1 atom stereocenters. The first-order valence-corrected chi connectivity index (χ1v) is 5.46. The summed E-state index contributed by atoms with van der Waals surface area (Å²) in [5.74, 6) is 0.0482. The zero-order valence-corrected chi connectivity index (χ0v) is 10.2. The van der Waals surface area contributed by atoms with E-state index in [1.807, 2.05) is 12.1 Å². The number of halogens is 1. The van der Waals surface area contributed by atoms with Gasteiger partial charge in [-0.2, -0.15) is 0 Å². The first-order valence-electron chi connectivity index (χ1n) is 4.66. The molecule has 0 aliphatic heterocycles. The molecule has 0 amide bonds. The number of ketones is 1. The molecule has 0 spiro atoms. The zero-order chi connectivity index (χ0) is 11.3. The molecular formula is C11H14BrNO2.